The summed E-state index contributed by atoms with van der Waals surface area (Å²) in [7, 11) is 0. The van der Waals surface area contributed by atoms with Gasteiger partial charge in [-0.1, -0.05) is 30.7 Å². The fraction of sp³-hybridized carbons (Fsp3) is 0.571. The van der Waals surface area contributed by atoms with Crippen LogP contribution in [0.2, 0.25) is 5.02 Å². The van der Waals surface area contributed by atoms with Gasteiger partial charge in [0.25, 0.3) is 0 Å². The highest BCUT2D eigenvalue weighted by Gasteiger charge is 2.34. The number of rotatable bonds is 1. The third-order valence-corrected chi connectivity index (χ3v) is 3.84. The predicted octanol–water partition coefficient (Wildman–Crippen LogP) is 3.76. The first kappa shape index (κ1) is 11.9. The molecule has 1 aromatic carbocycles. The van der Waals surface area contributed by atoms with Crippen LogP contribution in [-0.4, -0.2) is 12.1 Å². The third-order valence-electron chi connectivity index (χ3n) is 3.60. The second kappa shape index (κ2) is 4.38. The summed E-state index contributed by atoms with van der Waals surface area (Å²) in [6.45, 7) is 6.88. The van der Waals surface area contributed by atoms with Crippen LogP contribution in [0, 0.1) is 0 Å². The summed E-state index contributed by atoms with van der Waals surface area (Å²) in [5.74, 6) is 0. The highest BCUT2D eigenvalue weighted by molar-refractivity contribution is 6.30. The first-order chi connectivity index (χ1) is 7.49. The number of nitrogens with one attached hydrogen (secondary N) is 1. The zero-order chi connectivity index (χ0) is 11.8. The molecule has 2 heteroatoms. The van der Waals surface area contributed by atoms with Crippen LogP contribution in [0.15, 0.2) is 24.3 Å². The van der Waals surface area contributed by atoms with Gasteiger partial charge in [-0.15, -0.1) is 0 Å². The summed E-state index contributed by atoms with van der Waals surface area (Å²) in [5.41, 5.74) is 1.63. The Morgan fingerprint density at radius 3 is 2.44 bits per heavy atom. The highest BCUT2D eigenvalue weighted by atomic mass is 35.5. The maximum Gasteiger partial charge on any atom is 0.0408 e. The van der Waals surface area contributed by atoms with Crippen LogP contribution in [0.25, 0.3) is 0 Å². The smallest absolute Gasteiger partial charge is 0.0408 e. The van der Waals surface area contributed by atoms with E-state index in [-0.39, 0.29) is 5.41 Å². The van der Waals surface area contributed by atoms with E-state index in [0.717, 1.165) is 5.02 Å². The second-order valence-electron chi connectivity index (χ2n) is 5.45. The molecule has 1 heterocycles. The Bertz CT molecular complexity index is 365. The molecule has 1 aromatic rings. The molecule has 88 valence electrons. The van der Waals surface area contributed by atoms with Gasteiger partial charge in [0.15, 0.2) is 0 Å². The molecule has 0 saturated carbocycles. The summed E-state index contributed by atoms with van der Waals surface area (Å²) in [5, 5.41) is 4.43. The van der Waals surface area contributed by atoms with Crippen molar-refractivity contribution in [3.63, 3.8) is 0 Å². The van der Waals surface area contributed by atoms with Crippen LogP contribution in [0.1, 0.15) is 39.2 Å². The zero-order valence-electron chi connectivity index (χ0n) is 10.3. The Labute approximate surface area is 103 Å². The lowest BCUT2D eigenvalue weighted by Crippen LogP contribution is -2.48. The van der Waals surface area contributed by atoms with Gasteiger partial charge in [-0.2, -0.15) is 0 Å². The van der Waals surface area contributed by atoms with Crippen LogP contribution in [0.4, 0.5) is 0 Å². The second-order valence-corrected chi connectivity index (χ2v) is 5.88. The van der Waals surface area contributed by atoms with E-state index in [4.69, 9.17) is 11.6 Å². The minimum Gasteiger partial charge on any atom is -0.312 e. The lowest BCUT2D eigenvalue weighted by Gasteiger charge is -2.41. The average molecular weight is 238 g/mol. The van der Waals surface area contributed by atoms with Crippen LogP contribution < -0.4 is 5.32 Å². The third kappa shape index (κ3) is 2.41. The molecule has 0 amide bonds. The van der Waals surface area contributed by atoms with E-state index < -0.39 is 0 Å². The molecule has 0 aliphatic carbocycles. The fourth-order valence-corrected chi connectivity index (χ4v) is 3.33. The summed E-state index contributed by atoms with van der Waals surface area (Å²) >= 11 is 6.08. The van der Waals surface area contributed by atoms with Crippen molar-refractivity contribution in [2.45, 2.75) is 51.1 Å². The van der Waals surface area contributed by atoms with Crippen molar-refractivity contribution in [1.29, 1.82) is 0 Å². The van der Waals surface area contributed by atoms with Gasteiger partial charge in [-0.3, -0.25) is 0 Å². The maximum atomic E-state index is 6.08. The van der Waals surface area contributed by atoms with Crippen molar-refractivity contribution in [2.24, 2.45) is 0 Å². The number of hydrogen-bond acceptors (Lipinski definition) is 1. The first-order valence-corrected chi connectivity index (χ1v) is 6.39. The van der Waals surface area contributed by atoms with E-state index in [0.29, 0.717) is 12.1 Å². The summed E-state index contributed by atoms with van der Waals surface area (Å²) < 4.78 is 0. The van der Waals surface area contributed by atoms with Crippen molar-refractivity contribution >= 4 is 11.6 Å². The van der Waals surface area contributed by atoms with Gasteiger partial charge in [-0.25, -0.2) is 0 Å². The molecule has 1 nitrogen and oxygen atoms in total. The van der Waals surface area contributed by atoms with Gasteiger partial charge in [0, 0.05) is 17.1 Å². The standard InChI is InChI=1S/C14H20ClN/c1-10-8-14(3,9-11(2)16-10)12-5-4-6-13(15)7-12/h4-7,10-11,16H,8-9H2,1-3H3. The molecule has 1 aliphatic rings. The molecular weight excluding hydrogens is 218 g/mol. The SMILES string of the molecule is CC1CC(C)(c2cccc(Cl)c2)CC(C)N1. The number of benzene rings is 1. The minimum atomic E-state index is 0.259. The Hall–Kier alpha value is -0.530. The van der Waals surface area contributed by atoms with E-state index in [1.807, 2.05) is 6.07 Å². The van der Waals surface area contributed by atoms with E-state index in [2.05, 4.69) is 44.3 Å². The van der Waals surface area contributed by atoms with Crippen molar-refractivity contribution in [1.82, 2.24) is 5.32 Å². The molecule has 1 fully saturated rings. The fourth-order valence-electron chi connectivity index (χ4n) is 3.14. The monoisotopic (exact) mass is 237 g/mol. The van der Waals surface area contributed by atoms with E-state index in [1.165, 1.54) is 18.4 Å². The molecule has 0 bridgehead atoms. The van der Waals surface area contributed by atoms with E-state index >= 15 is 0 Å². The van der Waals surface area contributed by atoms with Crippen molar-refractivity contribution in [2.75, 3.05) is 0 Å². The van der Waals surface area contributed by atoms with Crippen LogP contribution in [0.3, 0.4) is 0 Å². The molecular formula is C14H20ClN. The van der Waals surface area contributed by atoms with E-state index in [9.17, 15) is 0 Å². The van der Waals surface area contributed by atoms with Gasteiger partial charge in [0.1, 0.15) is 0 Å². The van der Waals surface area contributed by atoms with Crippen LogP contribution in [0.5, 0.6) is 0 Å². The van der Waals surface area contributed by atoms with Crippen molar-refractivity contribution < 1.29 is 0 Å². The van der Waals surface area contributed by atoms with Crippen molar-refractivity contribution in [3.05, 3.63) is 34.9 Å². The van der Waals surface area contributed by atoms with Gasteiger partial charge in [0.05, 0.1) is 0 Å². The van der Waals surface area contributed by atoms with Gasteiger partial charge < -0.3 is 5.32 Å². The average Bonchev–Trinajstić information content (AvgIpc) is 2.15. The quantitative estimate of drug-likeness (QED) is 0.784. The lowest BCUT2D eigenvalue weighted by atomic mass is 9.71. The number of halogens is 1. The molecule has 0 radical (unpaired) electrons. The molecule has 0 aromatic heterocycles. The Balaban J connectivity index is 2.30. The lowest BCUT2D eigenvalue weighted by molar-refractivity contribution is 0.235. The summed E-state index contributed by atoms with van der Waals surface area (Å²) in [4.78, 5) is 0. The molecule has 2 unspecified atom stereocenters. The topological polar surface area (TPSA) is 12.0 Å². The maximum absolute atomic E-state index is 6.08. The largest absolute Gasteiger partial charge is 0.312 e. The number of piperidine rings is 1. The molecule has 2 rings (SSSR count). The van der Waals surface area contributed by atoms with Gasteiger partial charge >= 0.3 is 0 Å². The Kier molecular flexibility index (Phi) is 3.27. The first-order valence-electron chi connectivity index (χ1n) is 6.02. The summed E-state index contributed by atoms with van der Waals surface area (Å²) in [6, 6.07) is 9.48. The molecule has 1 aliphatic heterocycles. The number of hydrogen-bond donors (Lipinski definition) is 1. The zero-order valence-corrected chi connectivity index (χ0v) is 11.0. The molecule has 0 spiro atoms. The van der Waals surface area contributed by atoms with Crippen molar-refractivity contribution in [3.8, 4) is 0 Å². The van der Waals surface area contributed by atoms with Gasteiger partial charge in [-0.05, 0) is 49.8 Å². The Morgan fingerprint density at radius 2 is 1.88 bits per heavy atom. The summed E-state index contributed by atoms with van der Waals surface area (Å²) in [6.07, 6.45) is 2.36. The normalized spacial score (nSPS) is 35.0. The van der Waals surface area contributed by atoms with Gasteiger partial charge in [0.2, 0.25) is 0 Å². The molecule has 1 saturated heterocycles. The molecule has 2 atom stereocenters. The van der Waals surface area contributed by atoms with E-state index in [1.54, 1.807) is 0 Å². The molecule has 1 N–H and O–H groups in total. The highest BCUT2D eigenvalue weighted by Crippen LogP contribution is 2.37. The van der Waals surface area contributed by atoms with Crippen LogP contribution in [-0.2, 0) is 5.41 Å². The Morgan fingerprint density at radius 1 is 1.25 bits per heavy atom. The van der Waals surface area contributed by atoms with Crippen LogP contribution >= 0.6 is 11.6 Å². The predicted molar refractivity (Wildman–Crippen MR) is 70.1 cm³/mol. The molecule has 16 heavy (non-hydrogen) atoms. The minimum absolute atomic E-state index is 0.259.